The number of carbonyl (C=O) groups is 1. The van der Waals surface area contributed by atoms with Crippen LogP contribution < -0.4 is 11.3 Å². The average Bonchev–Trinajstić information content (AvgIpc) is 2.16. The molecular formula is C9H12N2O. The molecule has 0 saturated carbocycles. The van der Waals surface area contributed by atoms with Crippen LogP contribution in [-0.4, -0.2) is 5.91 Å². The van der Waals surface area contributed by atoms with Crippen molar-refractivity contribution >= 4 is 5.91 Å². The number of nitrogens with one attached hydrogen (secondary N) is 1. The molecule has 0 radical (unpaired) electrons. The Labute approximate surface area is 71.6 Å². The second kappa shape index (κ2) is 3.88. The summed E-state index contributed by atoms with van der Waals surface area (Å²) in [6, 6.07) is 0. The third-order valence-electron chi connectivity index (χ3n) is 1.82. The highest BCUT2D eigenvalue weighted by atomic mass is 16.2. The fraction of sp³-hybridized carbons (Fsp3) is 0.222. The molecule has 12 heavy (non-hydrogen) atoms. The van der Waals surface area contributed by atoms with Gasteiger partial charge in [-0.25, -0.2) is 5.84 Å². The Morgan fingerprint density at radius 2 is 2.42 bits per heavy atom. The summed E-state index contributed by atoms with van der Waals surface area (Å²) in [6.45, 7) is 1.90. The Bertz CT molecular complexity index is 264. The molecule has 0 aliphatic heterocycles. The Morgan fingerprint density at radius 3 is 3.00 bits per heavy atom. The van der Waals surface area contributed by atoms with Crippen LogP contribution in [0.25, 0.3) is 0 Å². The van der Waals surface area contributed by atoms with Crippen LogP contribution in [0.1, 0.15) is 6.92 Å². The van der Waals surface area contributed by atoms with Crippen LogP contribution in [0.2, 0.25) is 0 Å². The molecule has 0 saturated heterocycles. The van der Waals surface area contributed by atoms with Gasteiger partial charge in [0.15, 0.2) is 0 Å². The zero-order valence-corrected chi connectivity index (χ0v) is 6.95. The van der Waals surface area contributed by atoms with E-state index in [0.717, 1.165) is 5.57 Å². The Morgan fingerprint density at radius 1 is 1.67 bits per heavy atom. The van der Waals surface area contributed by atoms with E-state index in [2.05, 4.69) is 5.43 Å². The molecule has 0 aromatic rings. The number of carbonyl (C=O) groups excluding carboxylic acids is 1. The molecule has 0 heterocycles. The summed E-state index contributed by atoms with van der Waals surface area (Å²) in [5, 5.41) is 0. The van der Waals surface area contributed by atoms with Crippen LogP contribution in [0.15, 0.2) is 36.0 Å². The quantitative estimate of drug-likeness (QED) is 0.340. The minimum atomic E-state index is -0.231. The Balaban J connectivity index is 2.83. The molecule has 3 heteroatoms. The van der Waals surface area contributed by atoms with Crippen molar-refractivity contribution in [2.24, 2.45) is 11.8 Å². The smallest absolute Gasteiger partial charge is 0.245 e. The number of allylic oxidation sites excluding steroid dienone is 4. The number of hydrogen-bond donors (Lipinski definition) is 2. The lowest BCUT2D eigenvalue weighted by molar-refractivity contribution is -0.122. The van der Waals surface area contributed by atoms with Gasteiger partial charge in [-0.15, -0.1) is 0 Å². The van der Waals surface area contributed by atoms with Crippen molar-refractivity contribution < 1.29 is 4.79 Å². The fourth-order valence-corrected chi connectivity index (χ4v) is 1.16. The van der Waals surface area contributed by atoms with Gasteiger partial charge in [0.2, 0.25) is 5.91 Å². The molecule has 3 N–H and O–H groups in total. The third kappa shape index (κ3) is 1.62. The van der Waals surface area contributed by atoms with E-state index < -0.39 is 0 Å². The monoisotopic (exact) mass is 164 g/mol. The average molecular weight is 164 g/mol. The first-order chi connectivity index (χ1) is 5.79. The molecule has 64 valence electrons. The number of hydrogen-bond acceptors (Lipinski definition) is 2. The lowest BCUT2D eigenvalue weighted by atomic mass is 9.94. The molecule has 0 aromatic heterocycles. The zero-order valence-electron chi connectivity index (χ0n) is 6.95. The van der Waals surface area contributed by atoms with Gasteiger partial charge in [0.1, 0.15) is 0 Å². The van der Waals surface area contributed by atoms with E-state index in [0.29, 0.717) is 0 Å². The van der Waals surface area contributed by atoms with Gasteiger partial charge in [-0.3, -0.25) is 10.2 Å². The van der Waals surface area contributed by atoms with Gasteiger partial charge in [-0.1, -0.05) is 30.4 Å². The number of hydrazine groups is 1. The maximum Gasteiger partial charge on any atom is 0.245 e. The predicted molar refractivity (Wildman–Crippen MR) is 47.9 cm³/mol. The fourth-order valence-electron chi connectivity index (χ4n) is 1.16. The van der Waals surface area contributed by atoms with E-state index >= 15 is 0 Å². The van der Waals surface area contributed by atoms with Crippen molar-refractivity contribution in [3.8, 4) is 0 Å². The summed E-state index contributed by atoms with van der Waals surface area (Å²) in [6.07, 6.45) is 9.36. The van der Waals surface area contributed by atoms with E-state index in [1.54, 1.807) is 0 Å². The highest BCUT2D eigenvalue weighted by Gasteiger charge is 2.17. The first kappa shape index (κ1) is 8.74. The molecule has 1 aliphatic rings. The lowest BCUT2D eigenvalue weighted by Crippen LogP contribution is -2.36. The Hall–Kier alpha value is -1.35. The molecule has 1 amide bonds. The molecule has 0 bridgehead atoms. The van der Waals surface area contributed by atoms with Crippen molar-refractivity contribution in [2.45, 2.75) is 6.92 Å². The van der Waals surface area contributed by atoms with Crippen molar-refractivity contribution in [3.05, 3.63) is 36.0 Å². The topological polar surface area (TPSA) is 55.1 Å². The van der Waals surface area contributed by atoms with Gasteiger partial charge in [-0.05, 0) is 12.5 Å². The first-order valence-electron chi connectivity index (χ1n) is 3.81. The Kier molecular flexibility index (Phi) is 2.82. The SMILES string of the molecule is CC=C1C=CC=CC1C(=O)NN. The molecule has 1 unspecified atom stereocenters. The van der Waals surface area contributed by atoms with Crippen molar-refractivity contribution in [1.82, 2.24) is 5.43 Å². The molecule has 0 aromatic carbocycles. The molecule has 0 fully saturated rings. The maximum atomic E-state index is 11.2. The van der Waals surface area contributed by atoms with Gasteiger partial charge in [0, 0.05) is 0 Å². The van der Waals surface area contributed by atoms with Crippen LogP contribution >= 0.6 is 0 Å². The van der Waals surface area contributed by atoms with Gasteiger partial charge in [-0.2, -0.15) is 0 Å². The summed E-state index contributed by atoms with van der Waals surface area (Å²) in [5.74, 6) is 4.63. The second-order valence-electron chi connectivity index (χ2n) is 2.52. The molecule has 3 nitrogen and oxygen atoms in total. The molecular weight excluding hydrogens is 152 g/mol. The third-order valence-corrected chi connectivity index (χ3v) is 1.82. The molecule has 1 atom stereocenters. The molecule has 1 aliphatic carbocycles. The van der Waals surface area contributed by atoms with Crippen LogP contribution in [0.3, 0.4) is 0 Å². The molecule has 1 rings (SSSR count). The largest absolute Gasteiger partial charge is 0.293 e. The highest BCUT2D eigenvalue weighted by Crippen LogP contribution is 2.18. The number of nitrogens with two attached hydrogens (primary N) is 1. The van der Waals surface area contributed by atoms with E-state index in [9.17, 15) is 4.79 Å². The lowest BCUT2D eigenvalue weighted by Gasteiger charge is -2.14. The number of amides is 1. The van der Waals surface area contributed by atoms with Crippen LogP contribution in [-0.2, 0) is 4.79 Å². The van der Waals surface area contributed by atoms with Gasteiger partial charge < -0.3 is 0 Å². The predicted octanol–water partition coefficient (Wildman–Crippen LogP) is 0.665. The summed E-state index contributed by atoms with van der Waals surface area (Å²) >= 11 is 0. The van der Waals surface area contributed by atoms with E-state index in [-0.39, 0.29) is 11.8 Å². The van der Waals surface area contributed by atoms with Gasteiger partial charge in [0.05, 0.1) is 5.92 Å². The minimum absolute atomic E-state index is 0.177. The normalized spacial score (nSPS) is 24.5. The van der Waals surface area contributed by atoms with Crippen molar-refractivity contribution in [2.75, 3.05) is 0 Å². The van der Waals surface area contributed by atoms with Crippen molar-refractivity contribution in [1.29, 1.82) is 0 Å². The van der Waals surface area contributed by atoms with E-state index in [4.69, 9.17) is 5.84 Å². The summed E-state index contributed by atoms with van der Waals surface area (Å²) in [5.41, 5.74) is 3.11. The molecule has 0 spiro atoms. The number of rotatable bonds is 1. The van der Waals surface area contributed by atoms with Crippen LogP contribution in [0.5, 0.6) is 0 Å². The summed E-state index contributed by atoms with van der Waals surface area (Å²) < 4.78 is 0. The standard InChI is InChI=1S/C9H12N2O/c1-2-7-5-3-4-6-8(7)9(12)11-10/h2-6,8H,10H2,1H3,(H,11,12). The second-order valence-corrected chi connectivity index (χ2v) is 2.52. The summed E-state index contributed by atoms with van der Waals surface area (Å²) in [4.78, 5) is 11.2. The van der Waals surface area contributed by atoms with Crippen molar-refractivity contribution in [3.63, 3.8) is 0 Å². The van der Waals surface area contributed by atoms with Gasteiger partial charge >= 0.3 is 0 Å². The van der Waals surface area contributed by atoms with E-state index in [1.807, 2.05) is 37.3 Å². The highest BCUT2D eigenvalue weighted by molar-refractivity contribution is 5.84. The maximum absolute atomic E-state index is 11.2. The van der Waals surface area contributed by atoms with Crippen LogP contribution in [0, 0.1) is 5.92 Å². The van der Waals surface area contributed by atoms with Gasteiger partial charge in [0.25, 0.3) is 0 Å². The first-order valence-corrected chi connectivity index (χ1v) is 3.81. The zero-order chi connectivity index (χ0) is 8.97. The van der Waals surface area contributed by atoms with E-state index in [1.165, 1.54) is 0 Å². The minimum Gasteiger partial charge on any atom is -0.293 e. The summed E-state index contributed by atoms with van der Waals surface area (Å²) in [7, 11) is 0. The van der Waals surface area contributed by atoms with Crippen LogP contribution in [0.4, 0.5) is 0 Å².